The van der Waals surface area contributed by atoms with Crippen LogP contribution in [0.15, 0.2) is 18.3 Å². The van der Waals surface area contributed by atoms with Crippen molar-refractivity contribution in [3.05, 3.63) is 23.9 Å². The molecule has 12 heavy (non-hydrogen) atoms. The normalized spacial score (nSPS) is 12.6. The van der Waals surface area contributed by atoms with Crippen molar-refractivity contribution in [2.45, 2.75) is 20.0 Å². The molecule has 0 unspecified atom stereocenters. The summed E-state index contributed by atoms with van der Waals surface area (Å²) in [4.78, 5) is 4.05. The quantitative estimate of drug-likeness (QED) is 0.731. The third kappa shape index (κ3) is 2.51. The number of nitrogens with zero attached hydrogens (tertiary/aromatic N) is 1. The molecule has 0 fully saturated rings. The summed E-state index contributed by atoms with van der Waals surface area (Å²) in [5.74, 6) is 0.646. The number of hydrogen-bond acceptors (Lipinski definition) is 3. The molecule has 66 valence electrons. The van der Waals surface area contributed by atoms with Gasteiger partial charge in [0.25, 0.3) is 0 Å². The standard InChI is InChI=1S/C9H14N2O/c1-7-3-4-11-9(5-7)12-8(2)6-10/h3-5,8H,6,10H2,1-2H3/t8-/m0/s1. The number of aryl methyl sites for hydroxylation is 1. The highest BCUT2D eigenvalue weighted by Gasteiger charge is 2.01. The second kappa shape index (κ2) is 4.07. The predicted octanol–water partition coefficient (Wildman–Crippen LogP) is 1.12. The van der Waals surface area contributed by atoms with Crippen molar-refractivity contribution >= 4 is 0 Å². The number of rotatable bonds is 3. The Morgan fingerprint density at radius 2 is 2.42 bits per heavy atom. The molecule has 1 atom stereocenters. The average molecular weight is 166 g/mol. The van der Waals surface area contributed by atoms with Crippen LogP contribution < -0.4 is 10.5 Å². The van der Waals surface area contributed by atoms with E-state index >= 15 is 0 Å². The summed E-state index contributed by atoms with van der Waals surface area (Å²) in [6.45, 7) is 4.43. The minimum atomic E-state index is 0.0271. The first-order valence-electron chi connectivity index (χ1n) is 4.01. The van der Waals surface area contributed by atoms with Gasteiger partial charge in [0, 0.05) is 18.8 Å². The zero-order valence-electron chi connectivity index (χ0n) is 7.45. The summed E-state index contributed by atoms with van der Waals surface area (Å²) in [5.41, 5.74) is 6.55. The molecule has 0 aliphatic rings. The number of aromatic nitrogens is 1. The first kappa shape index (κ1) is 9.00. The molecule has 1 aromatic rings. The zero-order chi connectivity index (χ0) is 8.97. The Hall–Kier alpha value is -1.09. The highest BCUT2D eigenvalue weighted by atomic mass is 16.5. The molecule has 0 aliphatic heterocycles. The topological polar surface area (TPSA) is 48.1 Å². The van der Waals surface area contributed by atoms with Crippen molar-refractivity contribution in [1.82, 2.24) is 4.98 Å². The van der Waals surface area contributed by atoms with Crippen molar-refractivity contribution in [2.75, 3.05) is 6.54 Å². The molecule has 1 rings (SSSR count). The number of pyridine rings is 1. The molecular weight excluding hydrogens is 152 g/mol. The molecule has 0 aromatic carbocycles. The number of ether oxygens (including phenoxy) is 1. The van der Waals surface area contributed by atoms with Gasteiger partial charge in [-0.25, -0.2) is 4.98 Å². The molecular formula is C9H14N2O. The molecule has 0 spiro atoms. The Morgan fingerprint density at radius 1 is 1.67 bits per heavy atom. The van der Waals surface area contributed by atoms with Crippen LogP contribution in [0, 0.1) is 6.92 Å². The second-order valence-corrected chi connectivity index (χ2v) is 2.84. The van der Waals surface area contributed by atoms with Crippen LogP contribution in [-0.2, 0) is 0 Å². The van der Waals surface area contributed by atoms with Gasteiger partial charge in [-0.15, -0.1) is 0 Å². The molecule has 0 saturated heterocycles. The van der Waals surface area contributed by atoms with E-state index in [-0.39, 0.29) is 6.10 Å². The minimum Gasteiger partial charge on any atom is -0.473 e. The molecule has 0 saturated carbocycles. The Bertz CT molecular complexity index is 250. The molecule has 1 heterocycles. The van der Waals surface area contributed by atoms with Gasteiger partial charge < -0.3 is 10.5 Å². The maximum absolute atomic E-state index is 5.41. The fourth-order valence-electron chi connectivity index (χ4n) is 0.827. The van der Waals surface area contributed by atoms with Crippen LogP contribution in [0.5, 0.6) is 5.88 Å². The molecule has 3 nitrogen and oxygen atoms in total. The van der Waals surface area contributed by atoms with Crippen molar-refractivity contribution in [3.8, 4) is 5.88 Å². The first-order valence-corrected chi connectivity index (χ1v) is 4.01. The molecule has 0 bridgehead atoms. The van der Waals surface area contributed by atoms with Crippen LogP contribution in [0.1, 0.15) is 12.5 Å². The third-order valence-corrected chi connectivity index (χ3v) is 1.54. The Morgan fingerprint density at radius 3 is 3.00 bits per heavy atom. The van der Waals surface area contributed by atoms with E-state index in [2.05, 4.69) is 4.98 Å². The van der Waals surface area contributed by atoms with Crippen molar-refractivity contribution in [3.63, 3.8) is 0 Å². The molecule has 0 aliphatic carbocycles. The van der Waals surface area contributed by atoms with Gasteiger partial charge >= 0.3 is 0 Å². The lowest BCUT2D eigenvalue weighted by Crippen LogP contribution is -2.23. The Balaban J connectivity index is 2.63. The smallest absolute Gasteiger partial charge is 0.213 e. The lowest BCUT2D eigenvalue weighted by molar-refractivity contribution is 0.220. The van der Waals surface area contributed by atoms with E-state index in [1.165, 1.54) is 0 Å². The van der Waals surface area contributed by atoms with Gasteiger partial charge in [0.2, 0.25) is 5.88 Å². The number of nitrogens with two attached hydrogens (primary N) is 1. The predicted molar refractivity (Wildman–Crippen MR) is 48.1 cm³/mol. The van der Waals surface area contributed by atoms with E-state index < -0.39 is 0 Å². The van der Waals surface area contributed by atoms with Crippen molar-refractivity contribution in [2.24, 2.45) is 5.73 Å². The summed E-state index contributed by atoms with van der Waals surface area (Å²) in [6.07, 6.45) is 1.76. The summed E-state index contributed by atoms with van der Waals surface area (Å²) in [6, 6.07) is 3.83. The highest BCUT2D eigenvalue weighted by Crippen LogP contribution is 2.09. The van der Waals surface area contributed by atoms with Crippen LogP contribution in [0.4, 0.5) is 0 Å². The van der Waals surface area contributed by atoms with Gasteiger partial charge in [-0.05, 0) is 25.5 Å². The molecule has 2 N–H and O–H groups in total. The molecule has 0 radical (unpaired) electrons. The van der Waals surface area contributed by atoms with E-state index in [0.29, 0.717) is 12.4 Å². The van der Waals surface area contributed by atoms with Crippen molar-refractivity contribution in [1.29, 1.82) is 0 Å². The molecule has 1 aromatic heterocycles. The van der Waals surface area contributed by atoms with E-state index in [1.807, 2.05) is 26.0 Å². The lowest BCUT2D eigenvalue weighted by Gasteiger charge is -2.10. The first-order chi connectivity index (χ1) is 5.72. The maximum Gasteiger partial charge on any atom is 0.213 e. The third-order valence-electron chi connectivity index (χ3n) is 1.54. The van der Waals surface area contributed by atoms with E-state index in [9.17, 15) is 0 Å². The van der Waals surface area contributed by atoms with Gasteiger partial charge in [0.05, 0.1) is 0 Å². The van der Waals surface area contributed by atoms with Gasteiger partial charge in [-0.3, -0.25) is 0 Å². The van der Waals surface area contributed by atoms with Gasteiger partial charge in [-0.2, -0.15) is 0 Å². The Labute approximate surface area is 72.6 Å². The fourth-order valence-corrected chi connectivity index (χ4v) is 0.827. The highest BCUT2D eigenvalue weighted by molar-refractivity contribution is 5.18. The van der Waals surface area contributed by atoms with Crippen LogP contribution in [0.2, 0.25) is 0 Å². The summed E-state index contributed by atoms with van der Waals surface area (Å²) in [5, 5.41) is 0. The van der Waals surface area contributed by atoms with E-state index in [4.69, 9.17) is 10.5 Å². The number of hydrogen-bond donors (Lipinski definition) is 1. The summed E-state index contributed by atoms with van der Waals surface area (Å²) < 4.78 is 5.41. The maximum atomic E-state index is 5.41. The van der Waals surface area contributed by atoms with Crippen LogP contribution in [-0.4, -0.2) is 17.6 Å². The van der Waals surface area contributed by atoms with Crippen LogP contribution >= 0.6 is 0 Å². The second-order valence-electron chi connectivity index (χ2n) is 2.84. The minimum absolute atomic E-state index is 0.0271. The fraction of sp³-hybridized carbons (Fsp3) is 0.444. The SMILES string of the molecule is Cc1ccnc(O[C@@H](C)CN)c1. The van der Waals surface area contributed by atoms with Crippen LogP contribution in [0.25, 0.3) is 0 Å². The lowest BCUT2D eigenvalue weighted by atomic mass is 10.3. The van der Waals surface area contributed by atoms with Crippen molar-refractivity contribution < 1.29 is 4.74 Å². The largest absolute Gasteiger partial charge is 0.473 e. The van der Waals surface area contributed by atoms with Gasteiger partial charge in [-0.1, -0.05) is 0 Å². The average Bonchev–Trinajstić information content (AvgIpc) is 2.04. The Kier molecular flexibility index (Phi) is 3.05. The van der Waals surface area contributed by atoms with Gasteiger partial charge in [0.15, 0.2) is 0 Å². The van der Waals surface area contributed by atoms with Gasteiger partial charge in [0.1, 0.15) is 6.10 Å². The summed E-state index contributed by atoms with van der Waals surface area (Å²) >= 11 is 0. The molecule has 0 amide bonds. The monoisotopic (exact) mass is 166 g/mol. The summed E-state index contributed by atoms with van der Waals surface area (Å²) in [7, 11) is 0. The van der Waals surface area contributed by atoms with E-state index in [1.54, 1.807) is 6.20 Å². The molecule has 3 heteroatoms. The van der Waals surface area contributed by atoms with Crippen LogP contribution in [0.3, 0.4) is 0 Å². The van der Waals surface area contributed by atoms with E-state index in [0.717, 1.165) is 5.56 Å². The zero-order valence-corrected chi connectivity index (χ0v) is 7.45.